The van der Waals surface area contributed by atoms with Crippen LogP contribution in [0.2, 0.25) is 0 Å². The van der Waals surface area contributed by atoms with E-state index in [4.69, 9.17) is 5.73 Å². The summed E-state index contributed by atoms with van der Waals surface area (Å²) in [6.45, 7) is 21.8. The smallest absolute Gasteiger partial charge is 0.0507 e. The van der Waals surface area contributed by atoms with Crippen LogP contribution >= 0.6 is 0 Å². The molecule has 6 heteroatoms. The van der Waals surface area contributed by atoms with Crippen molar-refractivity contribution < 1.29 is 0 Å². The zero-order chi connectivity index (χ0) is 25.8. The van der Waals surface area contributed by atoms with E-state index in [1.165, 1.54) is 42.7 Å². The predicted molar refractivity (Wildman–Crippen MR) is 155 cm³/mol. The fourth-order valence-electron chi connectivity index (χ4n) is 4.49. The molecule has 6 nitrogen and oxygen atoms in total. The van der Waals surface area contributed by atoms with Gasteiger partial charge in [0, 0.05) is 62.4 Å². The summed E-state index contributed by atoms with van der Waals surface area (Å²) in [5, 5.41) is 6.42. The van der Waals surface area contributed by atoms with Crippen LogP contribution in [-0.4, -0.2) is 74.8 Å². The number of hydrogen-bond donors (Lipinski definition) is 4. The lowest BCUT2D eigenvalue weighted by Gasteiger charge is -2.16. The molecule has 1 aromatic heterocycles. The van der Waals surface area contributed by atoms with E-state index < -0.39 is 0 Å². The van der Waals surface area contributed by atoms with Gasteiger partial charge in [-0.25, -0.2) is 0 Å². The molecule has 5 N–H and O–H groups in total. The van der Waals surface area contributed by atoms with Crippen molar-refractivity contribution in [3.05, 3.63) is 71.1 Å². The Morgan fingerprint density at radius 3 is 2.40 bits per heavy atom. The van der Waals surface area contributed by atoms with Crippen molar-refractivity contribution in [2.24, 2.45) is 5.73 Å². The molecule has 0 atom stereocenters. The number of nitrogens with zero attached hydrogens (tertiary/aromatic N) is 2. The van der Waals surface area contributed by atoms with Crippen LogP contribution in [0.1, 0.15) is 40.1 Å². The highest BCUT2D eigenvalue weighted by Gasteiger charge is 2.17. The summed E-state index contributed by atoms with van der Waals surface area (Å²) < 4.78 is 0. The van der Waals surface area contributed by atoms with Gasteiger partial charge in [0.1, 0.15) is 0 Å². The summed E-state index contributed by atoms with van der Waals surface area (Å²) in [6, 6.07) is 6.39. The van der Waals surface area contributed by atoms with Crippen LogP contribution < -0.4 is 16.4 Å². The van der Waals surface area contributed by atoms with Gasteiger partial charge in [0.25, 0.3) is 0 Å². The van der Waals surface area contributed by atoms with E-state index in [2.05, 4.69) is 83.6 Å². The number of aryl methyl sites for hydroxylation is 2. The minimum atomic E-state index is 0.782. The first-order chi connectivity index (χ1) is 16.9. The molecule has 2 heterocycles. The van der Waals surface area contributed by atoms with E-state index in [0.29, 0.717) is 0 Å². The number of nitrogens with one attached hydrogen (secondary N) is 3. The number of benzene rings is 1. The summed E-state index contributed by atoms with van der Waals surface area (Å²) in [5.74, 6) is 0. The predicted octanol–water partition coefficient (Wildman–Crippen LogP) is 4.48. The Bertz CT molecular complexity index is 987. The first kappa shape index (κ1) is 28.6. The van der Waals surface area contributed by atoms with Gasteiger partial charge in [-0.1, -0.05) is 36.9 Å². The highest BCUT2D eigenvalue weighted by atomic mass is 15.4. The number of rotatable bonds is 11. The van der Waals surface area contributed by atoms with E-state index in [9.17, 15) is 0 Å². The molecule has 0 aliphatic carbocycles. The number of aromatic amines is 1. The van der Waals surface area contributed by atoms with Crippen LogP contribution in [0.5, 0.6) is 0 Å². The number of allylic oxidation sites excluding steroid dienone is 2. The van der Waals surface area contributed by atoms with Crippen LogP contribution in [0.3, 0.4) is 0 Å². The van der Waals surface area contributed by atoms with Crippen LogP contribution in [0.15, 0.2) is 37.4 Å². The van der Waals surface area contributed by atoms with Gasteiger partial charge in [0.2, 0.25) is 0 Å². The van der Waals surface area contributed by atoms with Gasteiger partial charge < -0.3 is 21.4 Å². The van der Waals surface area contributed by atoms with Gasteiger partial charge in [-0.2, -0.15) is 0 Å². The molecule has 0 bridgehead atoms. The van der Waals surface area contributed by atoms with Crippen LogP contribution in [-0.2, 0) is 0 Å². The van der Waals surface area contributed by atoms with Crippen LogP contribution in [0.4, 0.5) is 5.69 Å². The lowest BCUT2D eigenvalue weighted by molar-refractivity contribution is 0.248. The zero-order valence-corrected chi connectivity index (χ0v) is 22.5. The second-order valence-corrected chi connectivity index (χ2v) is 9.13. The fraction of sp³-hybridized carbons (Fsp3) is 0.448. The molecule has 192 valence electrons. The van der Waals surface area contributed by atoms with E-state index in [-0.39, 0.29) is 0 Å². The van der Waals surface area contributed by atoms with Crippen molar-refractivity contribution in [3.63, 3.8) is 0 Å². The Balaban J connectivity index is 0.000000283. The molecule has 0 radical (unpaired) electrons. The molecule has 35 heavy (non-hydrogen) atoms. The number of anilines is 1. The molecule has 1 fully saturated rings. The fourth-order valence-corrected chi connectivity index (χ4v) is 4.49. The summed E-state index contributed by atoms with van der Waals surface area (Å²) in [5.41, 5.74) is 14.7. The number of aromatic nitrogens is 1. The first-order valence-electron chi connectivity index (χ1n) is 12.6. The number of nitrogens with two attached hydrogens (primary N) is 1. The third-order valence-corrected chi connectivity index (χ3v) is 6.49. The Labute approximate surface area is 213 Å². The highest BCUT2D eigenvalue weighted by Crippen LogP contribution is 2.29. The molecule has 2 aromatic rings. The van der Waals surface area contributed by atoms with Crippen LogP contribution in [0, 0.1) is 20.8 Å². The van der Waals surface area contributed by atoms with Crippen molar-refractivity contribution in [2.45, 2.75) is 27.2 Å². The quantitative estimate of drug-likeness (QED) is 0.283. The standard InChI is InChI=1S/C20H24N2.C9H22N4/c1-7-16(18-11-13(3)9-10-19(18)21-6)12-20-14(4)17(8-2)15(5)22-20;1-11-4-2-5-12-7-8-13(9-12)6-3-10/h7-12,21-22H,1-2H2,3-6H3;11H,2-10H2,1H3/b16-12+;. The van der Waals surface area contributed by atoms with Gasteiger partial charge in [-0.3, -0.25) is 9.80 Å². The van der Waals surface area contributed by atoms with Crippen molar-refractivity contribution in [1.82, 2.24) is 20.1 Å². The SMILES string of the molecule is C=C/C(=C\c1[nH]c(C)c(C=C)c1C)c1cc(C)ccc1NC.CNCCCN1CCN(CCN)C1. The van der Waals surface area contributed by atoms with E-state index in [1.807, 2.05) is 26.2 Å². The van der Waals surface area contributed by atoms with Crippen LogP contribution in [0.25, 0.3) is 17.7 Å². The topological polar surface area (TPSA) is 72.4 Å². The molecule has 1 aliphatic heterocycles. The molecule has 0 spiro atoms. The Morgan fingerprint density at radius 2 is 1.83 bits per heavy atom. The maximum Gasteiger partial charge on any atom is 0.0507 e. The van der Waals surface area contributed by atoms with Gasteiger partial charge in [-0.05, 0) is 75.7 Å². The lowest BCUT2D eigenvalue weighted by Crippen LogP contribution is -2.30. The molecule has 1 saturated heterocycles. The van der Waals surface area contributed by atoms with E-state index in [1.54, 1.807) is 0 Å². The largest absolute Gasteiger partial charge is 0.388 e. The molecule has 1 aromatic carbocycles. The molecule has 0 amide bonds. The van der Waals surface area contributed by atoms with E-state index >= 15 is 0 Å². The second kappa shape index (κ2) is 14.7. The van der Waals surface area contributed by atoms with Crippen molar-refractivity contribution in [2.75, 3.05) is 65.3 Å². The van der Waals surface area contributed by atoms with Gasteiger partial charge in [-0.15, -0.1) is 0 Å². The maximum absolute atomic E-state index is 5.51. The Hall–Kier alpha value is -2.64. The molecular formula is C29H46N6. The zero-order valence-electron chi connectivity index (χ0n) is 22.5. The monoisotopic (exact) mass is 478 g/mol. The van der Waals surface area contributed by atoms with Crippen molar-refractivity contribution in [3.8, 4) is 0 Å². The Morgan fingerprint density at radius 1 is 1.11 bits per heavy atom. The Kier molecular flexibility index (Phi) is 12.0. The highest BCUT2D eigenvalue weighted by molar-refractivity contribution is 5.92. The lowest BCUT2D eigenvalue weighted by atomic mass is 9.99. The second-order valence-electron chi connectivity index (χ2n) is 9.13. The number of H-pyrrole nitrogens is 1. The van der Waals surface area contributed by atoms with Gasteiger partial charge >= 0.3 is 0 Å². The molecular weight excluding hydrogens is 432 g/mol. The molecule has 3 rings (SSSR count). The number of hydrogen-bond acceptors (Lipinski definition) is 5. The summed E-state index contributed by atoms with van der Waals surface area (Å²) in [6.07, 6.45) is 7.20. The van der Waals surface area contributed by atoms with Crippen molar-refractivity contribution >= 4 is 23.4 Å². The normalized spacial score (nSPS) is 14.5. The minimum absolute atomic E-state index is 0.782. The average Bonchev–Trinajstić information content (AvgIpc) is 3.41. The average molecular weight is 479 g/mol. The molecule has 0 unspecified atom stereocenters. The van der Waals surface area contributed by atoms with Gasteiger partial charge in [0.05, 0.1) is 6.67 Å². The molecule has 1 aliphatic rings. The summed E-state index contributed by atoms with van der Waals surface area (Å²) in [7, 11) is 3.94. The third-order valence-electron chi connectivity index (χ3n) is 6.49. The van der Waals surface area contributed by atoms with Gasteiger partial charge in [0.15, 0.2) is 0 Å². The summed E-state index contributed by atoms with van der Waals surface area (Å²) in [4.78, 5) is 8.34. The minimum Gasteiger partial charge on any atom is -0.388 e. The first-order valence-corrected chi connectivity index (χ1v) is 12.6. The summed E-state index contributed by atoms with van der Waals surface area (Å²) >= 11 is 0. The third kappa shape index (κ3) is 8.22. The van der Waals surface area contributed by atoms with Crippen molar-refractivity contribution in [1.29, 1.82) is 0 Å². The maximum atomic E-state index is 5.51. The van der Waals surface area contributed by atoms with E-state index in [0.717, 1.165) is 54.5 Å². The molecule has 0 saturated carbocycles.